The summed E-state index contributed by atoms with van der Waals surface area (Å²) in [4.78, 5) is 25.3. The summed E-state index contributed by atoms with van der Waals surface area (Å²) in [7, 11) is 0. The molecule has 0 spiro atoms. The third-order valence-corrected chi connectivity index (χ3v) is 5.95. The lowest BCUT2D eigenvalue weighted by molar-refractivity contribution is -0.117. The van der Waals surface area contributed by atoms with Crippen molar-refractivity contribution in [3.63, 3.8) is 0 Å². The van der Waals surface area contributed by atoms with Crippen molar-refractivity contribution in [1.29, 1.82) is 0 Å². The first kappa shape index (κ1) is 18.7. The van der Waals surface area contributed by atoms with Gasteiger partial charge in [0.05, 0.1) is 5.69 Å². The number of rotatable bonds is 5. The molecule has 0 radical (unpaired) electrons. The van der Waals surface area contributed by atoms with Crippen LogP contribution in [-0.4, -0.2) is 20.9 Å². The quantitative estimate of drug-likeness (QED) is 0.865. The molecule has 1 heterocycles. The minimum absolute atomic E-state index is 0.0848. The zero-order valence-corrected chi connectivity index (χ0v) is 16.1. The van der Waals surface area contributed by atoms with Crippen LogP contribution in [0.15, 0.2) is 40.0 Å². The van der Waals surface area contributed by atoms with Crippen LogP contribution in [0.25, 0.3) is 0 Å². The van der Waals surface area contributed by atoms with E-state index in [0.717, 1.165) is 11.3 Å². The van der Waals surface area contributed by atoms with Crippen molar-refractivity contribution in [3.8, 4) is 0 Å². The third kappa shape index (κ3) is 4.97. The lowest BCUT2D eigenvalue weighted by Gasteiger charge is -2.21. The van der Waals surface area contributed by atoms with Crippen LogP contribution in [0, 0.1) is 13.8 Å². The van der Waals surface area contributed by atoms with E-state index in [1.54, 1.807) is 13.0 Å². The van der Waals surface area contributed by atoms with Crippen molar-refractivity contribution in [3.05, 3.63) is 51.9 Å². The molecule has 1 aromatic heterocycles. The Morgan fingerprint density at radius 1 is 1.19 bits per heavy atom. The Morgan fingerprint density at radius 2 is 1.96 bits per heavy atom. The number of hydrogen-bond acceptors (Lipinski definition) is 4. The van der Waals surface area contributed by atoms with Crippen molar-refractivity contribution < 1.29 is 4.79 Å². The second-order valence-corrected chi connectivity index (χ2v) is 8.25. The second kappa shape index (κ2) is 8.54. The van der Waals surface area contributed by atoms with Gasteiger partial charge >= 0.3 is 0 Å². The van der Waals surface area contributed by atoms with E-state index in [4.69, 9.17) is 0 Å². The van der Waals surface area contributed by atoms with Gasteiger partial charge in [0.15, 0.2) is 0 Å². The average Bonchev–Trinajstić information content (AvgIpc) is 2.61. The summed E-state index contributed by atoms with van der Waals surface area (Å²) in [6.07, 6.45) is 6.61. The van der Waals surface area contributed by atoms with Crippen LogP contribution in [0.5, 0.6) is 0 Å². The number of thioether (sulfide) groups is 1. The summed E-state index contributed by atoms with van der Waals surface area (Å²) in [6.45, 7) is 3.71. The Hall–Kier alpha value is -2.08. The van der Waals surface area contributed by atoms with Crippen LogP contribution in [0.2, 0.25) is 0 Å². The summed E-state index contributed by atoms with van der Waals surface area (Å²) in [5.41, 5.74) is 2.24. The lowest BCUT2D eigenvalue weighted by Crippen LogP contribution is -2.29. The Bertz CT molecular complexity index is 841. The number of nitrogens with one attached hydrogen (secondary N) is 1. The van der Waals surface area contributed by atoms with E-state index >= 15 is 0 Å². The molecule has 1 fully saturated rings. The fraction of sp³-hybridized carbons (Fsp3) is 0.450. The van der Waals surface area contributed by atoms with E-state index in [2.05, 4.69) is 22.5 Å². The molecule has 0 atom stereocenters. The summed E-state index contributed by atoms with van der Waals surface area (Å²) in [5.74, 6) is -0.249. The summed E-state index contributed by atoms with van der Waals surface area (Å²) in [6, 6.07) is 9.22. The Morgan fingerprint density at radius 3 is 2.69 bits per heavy atom. The number of carbonyl (C=O) groups is 1. The molecule has 1 amide bonds. The molecule has 6 heteroatoms. The van der Waals surface area contributed by atoms with Crippen molar-refractivity contribution in [1.82, 2.24) is 9.78 Å². The van der Waals surface area contributed by atoms with Crippen molar-refractivity contribution in [2.45, 2.75) is 62.6 Å². The number of carbonyl (C=O) groups excluding carboxylic acids is 1. The van der Waals surface area contributed by atoms with Crippen LogP contribution in [0.3, 0.4) is 0 Å². The van der Waals surface area contributed by atoms with E-state index < -0.39 is 0 Å². The van der Waals surface area contributed by atoms with Gasteiger partial charge in [-0.3, -0.25) is 9.59 Å². The maximum absolute atomic E-state index is 12.3. The van der Waals surface area contributed by atoms with E-state index in [1.165, 1.54) is 47.7 Å². The van der Waals surface area contributed by atoms with Gasteiger partial charge in [0, 0.05) is 21.9 Å². The Balaban J connectivity index is 1.63. The van der Waals surface area contributed by atoms with Crippen LogP contribution >= 0.6 is 11.8 Å². The highest BCUT2D eigenvalue weighted by atomic mass is 32.2. The highest BCUT2D eigenvalue weighted by Crippen LogP contribution is 2.34. The lowest BCUT2D eigenvalue weighted by atomic mass is 10.0. The zero-order chi connectivity index (χ0) is 18.5. The molecule has 1 aromatic carbocycles. The zero-order valence-electron chi connectivity index (χ0n) is 15.3. The van der Waals surface area contributed by atoms with Gasteiger partial charge < -0.3 is 5.32 Å². The minimum atomic E-state index is -0.276. The van der Waals surface area contributed by atoms with E-state index in [1.807, 2.05) is 24.8 Å². The number of aryl methyl sites for hydroxylation is 2. The molecule has 0 unspecified atom stereocenters. The standard InChI is InChI=1S/C20H25N3O2S/c1-14-12-17(26-16-6-4-3-5-7-16)9-10-18(14)21-19(24)13-23-20(25)11-8-15(2)22-23/h8-12,16H,3-7,13H2,1-2H3,(H,21,24). The van der Waals surface area contributed by atoms with Crippen LogP contribution in [-0.2, 0) is 11.3 Å². The van der Waals surface area contributed by atoms with Gasteiger partial charge in [0.25, 0.3) is 5.56 Å². The first-order chi connectivity index (χ1) is 12.5. The number of anilines is 1. The predicted molar refractivity (Wildman–Crippen MR) is 106 cm³/mol. The molecular weight excluding hydrogens is 346 g/mol. The molecule has 0 aliphatic heterocycles. The largest absolute Gasteiger partial charge is 0.324 e. The Kier molecular flexibility index (Phi) is 6.14. The molecule has 138 valence electrons. The molecule has 1 aliphatic rings. The number of nitrogens with zero attached hydrogens (tertiary/aromatic N) is 2. The monoisotopic (exact) mass is 371 g/mol. The highest BCUT2D eigenvalue weighted by molar-refractivity contribution is 8.00. The molecule has 0 saturated heterocycles. The van der Waals surface area contributed by atoms with Crippen molar-refractivity contribution in [2.24, 2.45) is 0 Å². The third-order valence-electron chi connectivity index (χ3n) is 4.62. The van der Waals surface area contributed by atoms with E-state index in [0.29, 0.717) is 10.9 Å². The van der Waals surface area contributed by atoms with Gasteiger partial charge in [-0.2, -0.15) is 5.10 Å². The summed E-state index contributed by atoms with van der Waals surface area (Å²) in [5, 5.41) is 7.70. The molecule has 0 bridgehead atoms. The molecule has 3 rings (SSSR count). The van der Waals surface area contributed by atoms with Crippen LogP contribution in [0.1, 0.15) is 43.4 Å². The van der Waals surface area contributed by atoms with Gasteiger partial charge in [0.2, 0.25) is 5.91 Å². The maximum Gasteiger partial charge on any atom is 0.267 e. The first-order valence-corrected chi connectivity index (χ1v) is 10.0. The Labute approximate surface area is 158 Å². The smallest absolute Gasteiger partial charge is 0.267 e. The van der Waals surface area contributed by atoms with Gasteiger partial charge in [-0.15, -0.1) is 11.8 Å². The number of aromatic nitrogens is 2. The van der Waals surface area contributed by atoms with Gasteiger partial charge in [-0.25, -0.2) is 4.68 Å². The highest BCUT2D eigenvalue weighted by Gasteiger charge is 2.15. The summed E-state index contributed by atoms with van der Waals surface area (Å²) < 4.78 is 1.19. The molecule has 26 heavy (non-hydrogen) atoms. The number of benzene rings is 1. The SMILES string of the molecule is Cc1ccc(=O)n(CC(=O)Nc2ccc(SC3CCCCC3)cc2C)n1. The van der Waals surface area contributed by atoms with E-state index in [-0.39, 0.29) is 18.0 Å². The molecular formula is C20H25N3O2S. The molecule has 1 aliphatic carbocycles. The van der Waals surface area contributed by atoms with Crippen LogP contribution in [0.4, 0.5) is 5.69 Å². The van der Waals surface area contributed by atoms with Gasteiger partial charge in [-0.1, -0.05) is 19.3 Å². The molecule has 1 saturated carbocycles. The predicted octanol–water partition coefficient (Wildman–Crippen LogP) is 3.92. The number of hydrogen-bond donors (Lipinski definition) is 1. The van der Waals surface area contributed by atoms with Gasteiger partial charge in [-0.05, 0) is 56.5 Å². The van der Waals surface area contributed by atoms with E-state index in [9.17, 15) is 9.59 Å². The topological polar surface area (TPSA) is 64.0 Å². The minimum Gasteiger partial charge on any atom is -0.324 e. The fourth-order valence-electron chi connectivity index (χ4n) is 3.22. The molecule has 5 nitrogen and oxygen atoms in total. The van der Waals surface area contributed by atoms with Crippen molar-refractivity contribution >= 4 is 23.4 Å². The fourth-order valence-corrected chi connectivity index (χ4v) is 4.56. The molecule has 1 N–H and O–H groups in total. The molecule has 2 aromatic rings. The second-order valence-electron chi connectivity index (χ2n) is 6.87. The number of amides is 1. The first-order valence-electron chi connectivity index (χ1n) is 9.13. The van der Waals surface area contributed by atoms with Crippen LogP contribution < -0.4 is 10.9 Å². The van der Waals surface area contributed by atoms with Gasteiger partial charge in [0.1, 0.15) is 6.54 Å². The average molecular weight is 372 g/mol. The normalized spacial score (nSPS) is 15.0. The summed E-state index contributed by atoms with van der Waals surface area (Å²) >= 11 is 1.94. The maximum atomic E-state index is 12.3. The van der Waals surface area contributed by atoms with Crippen molar-refractivity contribution in [2.75, 3.05) is 5.32 Å².